The van der Waals surface area contributed by atoms with Crippen molar-refractivity contribution in [3.05, 3.63) is 24.0 Å². The number of pyridine rings is 1. The molecular weight excluding hydrogens is 177 g/mol. The van der Waals surface area contributed by atoms with Crippen LogP contribution in [0.4, 0.5) is 0 Å². The van der Waals surface area contributed by atoms with Crippen molar-refractivity contribution in [3.8, 4) is 11.8 Å². The first-order valence-corrected chi connectivity index (χ1v) is 3.97. The van der Waals surface area contributed by atoms with Gasteiger partial charge in [0.25, 0.3) is 0 Å². The number of rotatable bonds is 1. The van der Waals surface area contributed by atoms with Gasteiger partial charge in [0, 0.05) is 6.20 Å². The van der Waals surface area contributed by atoms with E-state index in [1.165, 1.54) is 17.8 Å². The minimum absolute atomic E-state index is 0.474. The quantitative estimate of drug-likeness (QED) is 0.585. The van der Waals surface area contributed by atoms with Crippen molar-refractivity contribution in [1.29, 1.82) is 5.26 Å². The van der Waals surface area contributed by atoms with Gasteiger partial charge in [0.1, 0.15) is 30.7 Å². The highest BCUT2D eigenvalue weighted by Crippen LogP contribution is 2.20. The third-order valence-electron chi connectivity index (χ3n) is 1.94. The third kappa shape index (κ3) is 1.12. The zero-order valence-corrected chi connectivity index (χ0v) is 7.56. The van der Waals surface area contributed by atoms with E-state index in [0.717, 1.165) is 0 Å². The number of aromatic nitrogens is 2. The SMILES string of the molecule is [B]c1cc(OC)c2c(C#N)cnn2c1. The molecule has 0 aliphatic carbocycles. The lowest BCUT2D eigenvalue weighted by molar-refractivity contribution is 0.418. The lowest BCUT2D eigenvalue weighted by Crippen LogP contribution is -2.07. The lowest BCUT2D eigenvalue weighted by Gasteiger charge is -2.04. The predicted molar refractivity (Wildman–Crippen MR) is 51.8 cm³/mol. The molecule has 0 aromatic carbocycles. The Hall–Kier alpha value is -1.96. The number of nitrogens with zero attached hydrogens (tertiary/aromatic N) is 3. The van der Waals surface area contributed by atoms with Crippen molar-refractivity contribution in [2.24, 2.45) is 0 Å². The van der Waals surface area contributed by atoms with Crippen molar-refractivity contribution in [1.82, 2.24) is 9.61 Å². The predicted octanol–water partition coefficient (Wildman–Crippen LogP) is 0.00838. The Morgan fingerprint density at radius 3 is 3.07 bits per heavy atom. The lowest BCUT2D eigenvalue weighted by atomic mass is 9.98. The van der Waals surface area contributed by atoms with Gasteiger partial charge in [-0.1, -0.05) is 5.46 Å². The zero-order valence-electron chi connectivity index (χ0n) is 7.56. The summed E-state index contributed by atoms with van der Waals surface area (Å²) in [5.74, 6) is 0.555. The van der Waals surface area contributed by atoms with Crippen molar-refractivity contribution >= 4 is 18.8 Å². The summed E-state index contributed by atoms with van der Waals surface area (Å²) in [5.41, 5.74) is 1.66. The Bertz CT molecular complexity index is 527. The van der Waals surface area contributed by atoms with Crippen molar-refractivity contribution in [2.75, 3.05) is 7.11 Å². The average molecular weight is 183 g/mol. The Balaban J connectivity index is 2.87. The van der Waals surface area contributed by atoms with Gasteiger partial charge in [-0.15, -0.1) is 0 Å². The molecule has 0 saturated heterocycles. The molecule has 14 heavy (non-hydrogen) atoms. The molecule has 0 aliphatic heterocycles. The Labute approximate surface area is 82.1 Å². The van der Waals surface area contributed by atoms with Gasteiger partial charge in [0.15, 0.2) is 0 Å². The van der Waals surface area contributed by atoms with Crippen LogP contribution < -0.4 is 10.2 Å². The molecular formula is C9H6BN3O. The second-order valence-electron chi connectivity index (χ2n) is 2.81. The highest BCUT2D eigenvalue weighted by atomic mass is 16.5. The van der Waals surface area contributed by atoms with Gasteiger partial charge in [-0.3, -0.25) is 0 Å². The molecule has 0 amide bonds. The molecule has 0 saturated carbocycles. The van der Waals surface area contributed by atoms with E-state index in [1.54, 1.807) is 12.3 Å². The summed E-state index contributed by atoms with van der Waals surface area (Å²) in [5, 5.41) is 12.8. The number of nitriles is 1. The molecule has 0 aliphatic rings. The second kappa shape index (κ2) is 3.07. The van der Waals surface area contributed by atoms with Crippen LogP contribution >= 0.6 is 0 Å². The number of methoxy groups -OCH3 is 1. The number of ether oxygens (including phenoxy) is 1. The molecule has 4 nitrogen and oxygen atoms in total. The number of hydrogen-bond donors (Lipinski definition) is 0. The van der Waals surface area contributed by atoms with E-state index in [1.807, 2.05) is 6.07 Å². The fraction of sp³-hybridized carbons (Fsp3) is 0.111. The van der Waals surface area contributed by atoms with Crippen molar-refractivity contribution in [2.45, 2.75) is 0 Å². The van der Waals surface area contributed by atoms with Crippen LogP contribution in [0.2, 0.25) is 0 Å². The fourth-order valence-electron chi connectivity index (χ4n) is 1.34. The van der Waals surface area contributed by atoms with Crippen molar-refractivity contribution < 1.29 is 4.74 Å². The molecule has 5 heteroatoms. The summed E-state index contributed by atoms with van der Waals surface area (Å²) in [7, 11) is 7.16. The van der Waals surface area contributed by atoms with E-state index in [4.69, 9.17) is 17.8 Å². The first kappa shape index (κ1) is 8.63. The summed E-state index contributed by atoms with van der Waals surface area (Å²) in [6.07, 6.45) is 3.12. The van der Waals surface area contributed by atoms with Gasteiger partial charge in [-0.05, 0) is 6.07 Å². The van der Waals surface area contributed by atoms with Crippen LogP contribution in [0.3, 0.4) is 0 Å². The minimum atomic E-state index is 0.474. The topological polar surface area (TPSA) is 50.3 Å². The molecule has 0 bridgehead atoms. The number of fused-ring (bicyclic) bond motifs is 1. The molecule has 2 rings (SSSR count). The molecule has 2 aromatic rings. The standard InChI is InChI=1S/C9H6BN3O/c1-14-8-2-7(10)5-13-9(8)6(3-11)4-12-13/h2,4-5H,1H3. The molecule has 0 N–H and O–H groups in total. The van der Waals surface area contributed by atoms with E-state index >= 15 is 0 Å². The molecule has 0 spiro atoms. The van der Waals surface area contributed by atoms with Crippen LogP contribution in [0.15, 0.2) is 18.5 Å². The van der Waals surface area contributed by atoms with Gasteiger partial charge in [0.05, 0.1) is 13.3 Å². The Morgan fingerprint density at radius 2 is 2.43 bits per heavy atom. The summed E-state index contributed by atoms with van der Waals surface area (Å²) >= 11 is 0. The second-order valence-corrected chi connectivity index (χ2v) is 2.81. The first-order chi connectivity index (χ1) is 6.76. The molecule has 0 atom stereocenters. The molecule has 2 radical (unpaired) electrons. The largest absolute Gasteiger partial charge is 0.494 e. The summed E-state index contributed by atoms with van der Waals surface area (Å²) in [4.78, 5) is 0. The normalized spacial score (nSPS) is 10.0. The highest BCUT2D eigenvalue weighted by Gasteiger charge is 2.09. The molecule has 66 valence electrons. The monoisotopic (exact) mass is 183 g/mol. The average Bonchev–Trinajstić information content (AvgIpc) is 2.59. The minimum Gasteiger partial charge on any atom is -0.494 e. The summed E-state index contributed by atoms with van der Waals surface area (Å²) < 4.78 is 6.65. The maximum atomic E-state index is 8.82. The third-order valence-corrected chi connectivity index (χ3v) is 1.94. The Morgan fingerprint density at radius 1 is 1.64 bits per heavy atom. The van der Waals surface area contributed by atoms with Gasteiger partial charge < -0.3 is 4.74 Å². The van der Waals surface area contributed by atoms with Crippen LogP contribution in [-0.2, 0) is 0 Å². The first-order valence-electron chi connectivity index (χ1n) is 3.97. The maximum Gasteiger partial charge on any atom is 0.145 e. The fourth-order valence-corrected chi connectivity index (χ4v) is 1.34. The summed E-state index contributed by atoms with van der Waals surface area (Å²) in [6, 6.07) is 3.70. The van der Waals surface area contributed by atoms with E-state index in [9.17, 15) is 0 Å². The van der Waals surface area contributed by atoms with Gasteiger partial charge in [0.2, 0.25) is 0 Å². The maximum absolute atomic E-state index is 8.82. The van der Waals surface area contributed by atoms with E-state index in [-0.39, 0.29) is 0 Å². The van der Waals surface area contributed by atoms with Gasteiger partial charge in [-0.2, -0.15) is 10.4 Å². The van der Waals surface area contributed by atoms with Crippen molar-refractivity contribution in [3.63, 3.8) is 0 Å². The van der Waals surface area contributed by atoms with Crippen LogP contribution in [0, 0.1) is 11.3 Å². The number of hydrogen-bond acceptors (Lipinski definition) is 3. The molecule has 0 fully saturated rings. The van der Waals surface area contributed by atoms with Gasteiger partial charge >= 0.3 is 0 Å². The van der Waals surface area contributed by atoms with E-state index in [2.05, 4.69) is 5.10 Å². The molecule has 2 aromatic heterocycles. The van der Waals surface area contributed by atoms with E-state index < -0.39 is 0 Å². The zero-order chi connectivity index (χ0) is 10.1. The van der Waals surface area contributed by atoms with Crippen LogP contribution in [0.1, 0.15) is 5.56 Å². The smallest absolute Gasteiger partial charge is 0.145 e. The highest BCUT2D eigenvalue weighted by molar-refractivity contribution is 6.32. The van der Waals surface area contributed by atoms with Crippen LogP contribution in [0.5, 0.6) is 5.75 Å². The van der Waals surface area contributed by atoms with Crippen LogP contribution in [0.25, 0.3) is 5.52 Å². The molecule has 2 heterocycles. The Kier molecular flexibility index (Phi) is 1.90. The van der Waals surface area contributed by atoms with Gasteiger partial charge in [-0.25, -0.2) is 4.52 Å². The summed E-state index contributed by atoms with van der Waals surface area (Å²) in [6.45, 7) is 0. The molecule has 0 unspecified atom stereocenters. The van der Waals surface area contributed by atoms with Crippen LogP contribution in [-0.4, -0.2) is 24.6 Å². The van der Waals surface area contributed by atoms with E-state index in [0.29, 0.717) is 22.3 Å².